The fraction of sp³-hybridized carbons (Fsp3) is 0.350. The summed E-state index contributed by atoms with van der Waals surface area (Å²) in [5.74, 6) is 1.14. The number of halogens is 3. The molecule has 2 aromatic heterocycles. The van der Waals surface area contributed by atoms with Gasteiger partial charge in [0, 0.05) is 31.7 Å². The summed E-state index contributed by atoms with van der Waals surface area (Å²) in [6.07, 6.45) is -0.859. The Labute approximate surface area is 165 Å². The van der Waals surface area contributed by atoms with Crippen molar-refractivity contribution in [1.82, 2.24) is 24.8 Å². The highest BCUT2D eigenvalue weighted by molar-refractivity contribution is 5.74. The third-order valence-corrected chi connectivity index (χ3v) is 5.21. The number of aromatic nitrogens is 3. The average Bonchev–Trinajstić information content (AvgIpc) is 3.16. The fourth-order valence-corrected chi connectivity index (χ4v) is 3.58. The number of carbonyl (C=O) groups is 1. The predicted octanol–water partition coefficient (Wildman–Crippen LogP) is 3.84. The SMILES string of the molecule is O=C(NCc1ccc(C(F)(F)F)cc1)N1CCC(c2nnc3ccccn23)CC1. The summed E-state index contributed by atoms with van der Waals surface area (Å²) in [4.78, 5) is 14.1. The van der Waals surface area contributed by atoms with E-state index in [9.17, 15) is 18.0 Å². The van der Waals surface area contributed by atoms with E-state index in [1.165, 1.54) is 12.1 Å². The summed E-state index contributed by atoms with van der Waals surface area (Å²) in [6.45, 7) is 1.36. The summed E-state index contributed by atoms with van der Waals surface area (Å²) in [7, 11) is 0. The molecule has 2 amide bonds. The third kappa shape index (κ3) is 4.18. The summed E-state index contributed by atoms with van der Waals surface area (Å²) in [5.41, 5.74) is 0.728. The van der Waals surface area contributed by atoms with Crippen LogP contribution in [0.3, 0.4) is 0 Å². The minimum absolute atomic E-state index is 0.186. The molecule has 1 aliphatic heterocycles. The van der Waals surface area contributed by atoms with Crippen LogP contribution in [0.25, 0.3) is 5.65 Å². The molecule has 3 aromatic rings. The summed E-state index contributed by atoms with van der Waals surface area (Å²) >= 11 is 0. The molecule has 0 radical (unpaired) electrons. The standard InChI is InChI=1S/C20H20F3N5O/c21-20(22,23)16-6-4-14(5-7-16)13-24-19(29)27-11-8-15(9-12-27)18-26-25-17-3-1-2-10-28(17)18/h1-7,10,15H,8-9,11-13H2,(H,24,29). The monoisotopic (exact) mass is 403 g/mol. The molecule has 3 heterocycles. The highest BCUT2D eigenvalue weighted by Crippen LogP contribution is 2.29. The van der Waals surface area contributed by atoms with Crippen LogP contribution < -0.4 is 5.32 Å². The number of pyridine rings is 1. The Morgan fingerprint density at radius 1 is 1.07 bits per heavy atom. The average molecular weight is 403 g/mol. The van der Waals surface area contributed by atoms with E-state index in [-0.39, 0.29) is 18.5 Å². The minimum atomic E-state index is -4.36. The van der Waals surface area contributed by atoms with Crippen molar-refractivity contribution in [2.24, 2.45) is 0 Å². The molecule has 9 heteroatoms. The molecule has 1 saturated heterocycles. The Bertz CT molecular complexity index is 991. The Kier molecular flexibility index (Phi) is 5.12. The van der Waals surface area contributed by atoms with Gasteiger partial charge in [-0.2, -0.15) is 13.2 Å². The highest BCUT2D eigenvalue weighted by Gasteiger charge is 2.30. The van der Waals surface area contributed by atoms with Crippen molar-refractivity contribution in [1.29, 1.82) is 0 Å². The van der Waals surface area contributed by atoms with Crippen molar-refractivity contribution < 1.29 is 18.0 Å². The molecular formula is C20H20F3N5O. The molecule has 1 N–H and O–H groups in total. The van der Waals surface area contributed by atoms with E-state index in [0.717, 1.165) is 36.4 Å². The number of hydrogen-bond acceptors (Lipinski definition) is 3. The molecule has 0 unspecified atom stereocenters. The maximum Gasteiger partial charge on any atom is 0.416 e. The number of amides is 2. The van der Waals surface area contributed by atoms with Crippen LogP contribution in [0.15, 0.2) is 48.7 Å². The van der Waals surface area contributed by atoms with Gasteiger partial charge in [-0.3, -0.25) is 4.40 Å². The van der Waals surface area contributed by atoms with Crippen LogP contribution >= 0.6 is 0 Å². The zero-order valence-corrected chi connectivity index (χ0v) is 15.6. The van der Waals surface area contributed by atoms with E-state index in [1.54, 1.807) is 4.90 Å². The number of piperidine rings is 1. The zero-order valence-electron chi connectivity index (χ0n) is 15.6. The van der Waals surface area contributed by atoms with Gasteiger partial charge in [-0.05, 0) is 42.7 Å². The molecule has 1 aliphatic rings. The maximum atomic E-state index is 12.6. The molecule has 152 valence electrons. The van der Waals surface area contributed by atoms with Crippen LogP contribution in [-0.4, -0.2) is 38.6 Å². The number of likely N-dealkylation sites (tertiary alicyclic amines) is 1. The van der Waals surface area contributed by atoms with Gasteiger partial charge >= 0.3 is 12.2 Å². The molecule has 1 aromatic carbocycles. The van der Waals surface area contributed by atoms with Gasteiger partial charge in [0.05, 0.1) is 5.56 Å². The molecule has 0 aliphatic carbocycles. The van der Waals surface area contributed by atoms with Crippen molar-refractivity contribution in [3.63, 3.8) is 0 Å². The first-order valence-corrected chi connectivity index (χ1v) is 9.40. The molecule has 29 heavy (non-hydrogen) atoms. The first-order chi connectivity index (χ1) is 13.9. The van der Waals surface area contributed by atoms with Gasteiger partial charge in [-0.15, -0.1) is 10.2 Å². The Balaban J connectivity index is 1.30. The van der Waals surface area contributed by atoms with Gasteiger partial charge in [-0.25, -0.2) is 4.79 Å². The zero-order chi connectivity index (χ0) is 20.4. The Morgan fingerprint density at radius 3 is 2.48 bits per heavy atom. The topological polar surface area (TPSA) is 62.5 Å². The normalized spacial score (nSPS) is 15.6. The second kappa shape index (κ2) is 7.73. The number of alkyl halides is 3. The number of fused-ring (bicyclic) bond motifs is 1. The lowest BCUT2D eigenvalue weighted by molar-refractivity contribution is -0.137. The van der Waals surface area contributed by atoms with E-state index in [2.05, 4.69) is 15.5 Å². The quantitative estimate of drug-likeness (QED) is 0.723. The van der Waals surface area contributed by atoms with Crippen LogP contribution in [0, 0.1) is 0 Å². The summed E-state index contributed by atoms with van der Waals surface area (Å²) in [6, 6.07) is 10.3. The van der Waals surface area contributed by atoms with Crippen LogP contribution in [0.2, 0.25) is 0 Å². The lowest BCUT2D eigenvalue weighted by atomic mass is 9.96. The van der Waals surface area contributed by atoms with Crippen molar-refractivity contribution in [2.45, 2.75) is 31.5 Å². The van der Waals surface area contributed by atoms with Gasteiger partial charge in [0.25, 0.3) is 0 Å². The highest BCUT2D eigenvalue weighted by atomic mass is 19.4. The first kappa shape index (κ1) is 19.2. The summed E-state index contributed by atoms with van der Waals surface area (Å²) < 4.78 is 39.8. The van der Waals surface area contributed by atoms with Crippen LogP contribution in [0.4, 0.5) is 18.0 Å². The molecular weight excluding hydrogens is 383 g/mol. The Morgan fingerprint density at radius 2 is 1.79 bits per heavy atom. The minimum Gasteiger partial charge on any atom is -0.334 e. The molecule has 0 saturated carbocycles. The van der Waals surface area contributed by atoms with E-state index in [0.29, 0.717) is 18.7 Å². The second-order valence-electron chi connectivity index (χ2n) is 7.10. The first-order valence-electron chi connectivity index (χ1n) is 9.40. The van der Waals surface area contributed by atoms with E-state index < -0.39 is 11.7 Å². The molecule has 0 bridgehead atoms. The molecule has 4 rings (SSSR count). The smallest absolute Gasteiger partial charge is 0.334 e. The van der Waals surface area contributed by atoms with Gasteiger partial charge in [0.2, 0.25) is 0 Å². The lowest BCUT2D eigenvalue weighted by Gasteiger charge is -2.31. The van der Waals surface area contributed by atoms with Crippen LogP contribution in [0.1, 0.15) is 35.7 Å². The van der Waals surface area contributed by atoms with E-state index in [4.69, 9.17) is 0 Å². The van der Waals surface area contributed by atoms with Crippen molar-refractivity contribution >= 4 is 11.7 Å². The number of nitrogens with one attached hydrogen (secondary N) is 1. The van der Waals surface area contributed by atoms with E-state index >= 15 is 0 Å². The number of nitrogens with zero attached hydrogens (tertiary/aromatic N) is 4. The molecule has 6 nitrogen and oxygen atoms in total. The van der Waals surface area contributed by atoms with Crippen molar-refractivity contribution in [2.75, 3.05) is 13.1 Å². The number of rotatable bonds is 3. The van der Waals surface area contributed by atoms with Crippen LogP contribution in [0.5, 0.6) is 0 Å². The third-order valence-electron chi connectivity index (χ3n) is 5.21. The molecule has 0 atom stereocenters. The van der Waals surface area contributed by atoms with E-state index in [1.807, 2.05) is 28.8 Å². The number of benzene rings is 1. The lowest BCUT2D eigenvalue weighted by Crippen LogP contribution is -2.44. The van der Waals surface area contributed by atoms with Crippen LogP contribution in [-0.2, 0) is 12.7 Å². The number of carbonyl (C=O) groups excluding carboxylic acids is 1. The largest absolute Gasteiger partial charge is 0.416 e. The predicted molar refractivity (Wildman–Crippen MR) is 100 cm³/mol. The van der Waals surface area contributed by atoms with Gasteiger partial charge in [0.1, 0.15) is 5.82 Å². The Hall–Kier alpha value is -3.10. The number of hydrogen-bond donors (Lipinski definition) is 1. The van der Waals surface area contributed by atoms with Gasteiger partial charge in [-0.1, -0.05) is 18.2 Å². The molecule has 1 fully saturated rings. The van der Waals surface area contributed by atoms with Gasteiger partial charge < -0.3 is 10.2 Å². The van der Waals surface area contributed by atoms with Crippen molar-refractivity contribution in [3.05, 3.63) is 65.6 Å². The van der Waals surface area contributed by atoms with Gasteiger partial charge in [0.15, 0.2) is 5.65 Å². The maximum absolute atomic E-state index is 12.6. The second-order valence-corrected chi connectivity index (χ2v) is 7.10. The fourth-order valence-electron chi connectivity index (χ4n) is 3.58. The number of urea groups is 1. The van der Waals surface area contributed by atoms with Crippen molar-refractivity contribution in [3.8, 4) is 0 Å². The molecule has 0 spiro atoms. The summed E-state index contributed by atoms with van der Waals surface area (Å²) in [5, 5.41) is 11.3.